The lowest BCUT2D eigenvalue weighted by Crippen LogP contribution is -2.51. The predicted octanol–water partition coefficient (Wildman–Crippen LogP) is 4.71. The van der Waals surface area contributed by atoms with Crippen LogP contribution < -0.4 is 14.4 Å². The van der Waals surface area contributed by atoms with Crippen molar-refractivity contribution < 1.29 is 22.7 Å². The molecule has 3 aromatic carbocycles. The standard InChI is InChI=1S/C32H41N3O5S/c1-24(2)33-32(37)30(22-26-10-7-6-8-11-26)34(23-27-15-13-25(3)14-16-27)31(36)12-9-21-35(41(5,38)39)28-17-19-29(40-4)20-18-28/h6-8,10-11,13-20,24,30H,9,12,21-23H2,1-5H3,(H,33,37)/t30-/m0/s1. The highest BCUT2D eigenvalue weighted by Crippen LogP contribution is 2.23. The van der Waals surface area contributed by atoms with Crippen LogP contribution >= 0.6 is 0 Å². The van der Waals surface area contributed by atoms with E-state index in [4.69, 9.17) is 4.74 Å². The topological polar surface area (TPSA) is 96.0 Å². The third-order valence-corrected chi connectivity index (χ3v) is 7.88. The van der Waals surface area contributed by atoms with Crippen molar-refractivity contribution >= 4 is 27.5 Å². The molecule has 0 unspecified atom stereocenters. The van der Waals surface area contributed by atoms with Crippen LogP contribution in [-0.4, -0.2) is 57.1 Å². The van der Waals surface area contributed by atoms with Crippen LogP contribution in [0.3, 0.4) is 0 Å². The molecule has 0 saturated carbocycles. The maximum atomic E-state index is 13.8. The molecule has 0 aliphatic rings. The Balaban J connectivity index is 1.86. The number of methoxy groups -OCH3 is 1. The molecule has 0 bridgehead atoms. The number of carbonyl (C=O) groups excluding carboxylic acids is 2. The number of rotatable bonds is 14. The van der Waals surface area contributed by atoms with Crippen LogP contribution in [0.1, 0.15) is 43.4 Å². The van der Waals surface area contributed by atoms with Gasteiger partial charge < -0.3 is 15.0 Å². The number of ether oxygens (including phenoxy) is 1. The quantitative estimate of drug-likeness (QED) is 0.298. The summed E-state index contributed by atoms with van der Waals surface area (Å²) < 4.78 is 31.7. The Hall–Kier alpha value is -3.85. The summed E-state index contributed by atoms with van der Waals surface area (Å²) in [6.45, 7) is 6.16. The van der Waals surface area contributed by atoms with E-state index in [0.717, 1.165) is 22.9 Å². The van der Waals surface area contributed by atoms with Crippen molar-refractivity contribution in [3.8, 4) is 5.75 Å². The summed E-state index contributed by atoms with van der Waals surface area (Å²) in [5.74, 6) is 0.183. The molecule has 0 saturated heterocycles. The Labute approximate surface area is 244 Å². The average Bonchev–Trinajstić information content (AvgIpc) is 2.93. The number of hydrogen-bond acceptors (Lipinski definition) is 5. The Morgan fingerprint density at radius 2 is 1.54 bits per heavy atom. The molecule has 0 spiro atoms. The van der Waals surface area contributed by atoms with E-state index in [2.05, 4.69) is 5.32 Å². The van der Waals surface area contributed by atoms with Crippen molar-refractivity contribution in [1.29, 1.82) is 0 Å². The van der Waals surface area contributed by atoms with Crippen LogP contribution in [0.25, 0.3) is 0 Å². The van der Waals surface area contributed by atoms with Crippen molar-refractivity contribution in [2.75, 3.05) is 24.2 Å². The van der Waals surface area contributed by atoms with Gasteiger partial charge in [-0.15, -0.1) is 0 Å². The van der Waals surface area contributed by atoms with E-state index in [9.17, 15) is 18.0 Å². The van der Waals surface area contributed by atoms with E-state index in [1.165, 1.54) is 4.31 Å². The molecule has 41 heavy (non-hydrogen) atoms. The molecule has 0 radical (unpaired) electrons. The van der Waals surface area contributed by atoms with Gasteiger partial charge in [-0.2, -0.15) is 0 Å². The largest absolute Gasteiger partial charge is 0.497 e. The maximum Gasteiger partial charge on any atom is 0.243 e. The lowest BCUT2D eigenvalue weighted by atomic mass is 10.0. The van der Waals surface area contributed by atoms with E-state index >= 15 is 0 Å². The fourth-order valence-electron chi connectivity index (χ4n) is 4.58. The van der Waals surface area contributed by atoms with Gasteiger partial charge in [-0.3, -0.25) is 13.9 Å². The minimum absolute atomic E-state index is 0.0777. The molecule has 1 N–H and O–H groups in total. The van der Waals surface area contributed by atoms with Gasteiger partial charge in [0.15, 0.2) is 0 Å². The smallest absolute Gasteiger partial charge is 0.243 e. The van der Waals surface area contributed by atoms with E-state index in [0.29, 0.717) is 17.9 Å². The van der Waals surface area contributed by atoms with E-state index in [1.807, 2.05) is 75.4 Å². The first kappa shape index (κ1) is 31.7. The first-order valence-electron chi connectivity index (χ1n) is 13.8. The normalized spacial score (nSPS) is 12.0. The minimum atomic E-state index is -3.59. The molecule has 2 amide bonds. The summed E-state index contributed by atoms with van der Waals surface area (Å²) in [4.78, 5) is 29.0. The average molecular weight is 580 g/mol. The molecule has 0 aliphatic heterocycles. The summed E-state index contributed by atoms with van der Waals surface area (Å²) in [6.07, 6.45) is 1.87. The van der Waals surface area contributed by atoms with Crippen LogP contribution in [0.4, 0.5) is 5.69 Å². The summed E-state index contributed by atoms with van der Waals surface area (Å²) in [6, 6.07) is 23.5. The second-order valence-corrected chi connectivity index (χ2v) is 12.4. The zero-order chi connectivity index (χ0) is 30.0. The van der Waals surface area contributed by atoms with Gasteiger partial charge in [0.2, 0.25) is 21.8 Å². The summed E-state index contributed by atoms with van der Waals surface area (Å²) in [7, 11) is -2.04. The first-order valence-corrected chi connectivity index (χ1v) is 15.6. The van der Waals surface area contributed by atoms with E-state index < -0.39 is 16.1 Å². The number of nitrogens with one attached hydrogen (secondary N) is 1. The number of anilines is 1. The predicted molar refractivity (Wildman–Crippen MR) is 163 cm³/mol. The summed E-state index contributed by atoms with van der Waals surface area (Å²) in [5.41, 5.74) is 3.45. The van der Waals surface area contributed by atoms with Gasteiger partial charge in [-0.1, -0.05) is 60.2 Å². The molecule has 0 aliphatic carbocycles. The third-order valence-electron chi connectivity index (χ3n) is 6.69. The molecule has 220 valence electrons. The van der Waals surface area contributed by atoms with Gasteiger partial charge in [0.1, 0.15) is 11.8 Å². The number of nitrogens with zero attached hydrogens (tertiary/aromatic N) is 2. The molecule has 1 atom stereocenters. The van der Waals surface area contributed by atoms with Crippen molar-refractivity contribution in [2.45, 2.75) is 58.7 Å². The highest BCUT2D eigenvalue weighted by Gasteiger charge is 2.31. The fourth-order valence-corrected chi connectivity index (χ4v) is 5.54. The Morgan fingerprint density at radius 1 is 0.902 bits per heavy atom. The summed E-state index contributed by atoms with van der Waals surface area (Å²) >= 11 is 0. The second-order valence-electron chi connectivity index (χ2n) is 10.5. The highest BCUT2D eigenvalue weighted by atomic mass is 32.2. The van der Waals surface area contributed by atoms with Crippen LogP contribution in [0.2, 0.25) is 0 Å². The SMILES string of the molecule is COc1ccc(N(CCCC(=O)N(Cc2ccc(C)cc2)[C@@H](Cc2ccccc2)C(=O)NC(C)C)S(C)(=O)=O)cc1. The van der Waals surface area contributed by atoms with Crippen LogP contribution in [0.5, 0.6) is 5.75 Å². The van der Waals surface area contributed by atoms with Crippen molar-refractivity contribution in [2.24, 2.45) is 0 Å². The zero-order valence-electron chi connectivity index (χ0n) is 24.5. The van der Waals surface area contributed by atoms with Crippen molar-refractivity contribution in [3.63, 3.8) is 0 Å². The van der Waals surface area contributed by atoms with Gasteiger partial charge in [-0.25, -0.2) is 8.42 Å². The van der Waals surface area contributed by atoms with Gasteiger partial charge in [0.05, 0.1) is 19.1 Å². The highest BCUT2D eigenvalue weighted by molar-refractivity contribution is 7.92. The molecule has 3 rings (SSSR count). The number of sulfonamides is 1. The Kier molecular flexibility index (Phi) is 11.3. The lowest BCUT2D eigenvalue weighted by Gasteiger charge is -2.32. The fraction of sp³-hybridized carbons (Fsp3) is 0.375. The Bertz CT molecular complexity index is 1380. The number of aryl methyl sites for hydroxylation is 1. The maximum absolute atomic E-state index is 13.8. The van der Waals surface area contributed by atoms with Crippen LogP contribution in [0, 0.1) is 6.92 Å². The number of amides is 2. The molecule has 0 heterocycles. The van der Waals surface area contributed by atoms with Gasteiger partial charge in [0.25, 0.3) is 0 Å². The molecule has 3 aromatic rings. The number of carbonyl (C=O) groups is 2. The van der Waals surface area contributed by atoms with Crippen LogP contribution in [0.15, 0.2) is 78.9 Å². The first-order chi connectivity index (χ1) is 19.5. The Morgan fingerprint density at radius 3 is 2.10 bits per heavy atom. The van der Waals surface area contributed by atoms with Gasteiger partial charge in [-0.05, 0) is 62.6 Å². The molecular formula is C32H41N3O5S. The van der Waals surface area contributed by atoms with Crippen molar-refractivity contribution in [3.05, 3.63) is 95.6 Å². The van der Waals surface area contributed by atoms with Gasteiger partial charge in [0, 0.05) is 32.0 Å². The number of hydrogen-bond donors (Lipinski definition) is 1. The lowest BCUT2D eigenvalue weighted by molar-refractivity contribution is -0.141. The molecule has 0 fully saturated rings. The molecule has 0 aromatic heterocycles. The zero-order valence-corrected chi connectivity index (χ0v) is 25.4. The van der Waals surface area contributed by atoms with Crippen molar-refractivity contribution in [1.82, 2.24) is 10.2 Å². The molecule has 9 heteroatoms. The second kappa shape index (κ2) is 14.7. The summed E-state index contributed by atoms with van der Waals surface area (Å²) in [5, 5.41) is 2.99. The van der Waals surface area contributed by atoms with E-state index in [-0.39, 0.29) is 43.8 Å². The van der Waals surface area contributed by atoms with Gasteiger partial charge >= 0.3 is 0 Å². The monoisotopic (exact) mass is 579 g/mol. The molecule has 8 nitrogen and oxygen atoms in total. The number of benzene rings is 3. The molecular weight excluding hydrogens is 538 g/mol. The van der Waals surface area contributed by atoms with E-state index in [1.54, 1.807) is 36.3 Å². The minimum Gasteiger partial charge on any atom is -0.497 e. The van der Waals surface area contributed by atoms with Crippen LogP contribution in [-0.2, 0) is 32.6 Å². The third kappa shape index (κ3) is 9.63.